The SMILES string of the molecule is C[C@H](C(=O)O)N1C(=O)/C(=C/c2ccc(-c3ccccc3Cl)o2)SC1=S. The average Bonchev–Trinajstić information content (AvgIpc) is 3.13. The van der Waals surface area contributed by atoms with Gasteiger partial charge in [0.2, 0.25) is 0 Å². The zero-order chi connectivity index (χ0) is 18.1. The van der Waals surface area contributed by atoms with E-state index in [1.807, 2.05) is 18.2 Å². The van der Waals surface area contributed by atoms with Crippen LogP contribution in [-0.2, 0) is 9.59 Å². The van der Waals surface area contributed by atoms with E-state index in [1.54, 1.807) is 24.3 Å². The van der Waals surface area contributed by atoms with Crippen LogP contribution < -0.4 is 0 Å². The van der Waals surface area contributed by atoms with Crippen molar-refractivity contribution in [3.05, 3.63) is 52.1 Å². The monoisotopic (exact) mass is 393 g/mol. The number of hydrogen-bond donors (Lipinski definition) is 1. The molecule has 0 bridgehead atoms. The van der Waals surface area contributed by atoms with Gasteiger partial charge in [-0.15, -0.1) is 0 Å². The van der Waals surface area contributed by atoms with Crippen molar-refractivity contribution in [1.82, 2.24) is 4.90 Å². The number of furan rings is 1. The molecule has 1 aliphatic heterocycles. The molecule has 128 valence electrons. The van der Waals surface area contributed by atoms with Gasteiger partial charge >= 0.3 is 5.97 Å². The Hall–Kier alpha value is -2.09. The van der Waals surface area contributed by atoms with Gasteiger partial charge < -0.3 is 9.52 Å². The molecule has 1 aliphatic rings. The highest BCUT2D eigenvalue weighted by Gasteiger charge is 2.38. The molecule has 0 saturated carbocycles. The van der Waals surface area contributed by atoms with Gasteiger partial charge in [0, 0.05) is 11.6 Å². The normalized spacial score (nSPS) is 17.4. The number of halogens is 1. The lowest BCUT2D eigenvalue weighted by Crippen LogP contribution is -2.41. The molecule has 3 rings (SSSR count). The summed E-state index contributed by atoms with van der Waals surface area (Å²) < 4.78 is 5.95. The Morgan fingerprint density at radius 3 is 2.76 bits per heavy atom. The number of amides is 1. The van der Waals surface area contributed by atoms with Crippen LogP contribution in [0.3, 0.4) is 0 Å². The fraction of sp³-hybridized carbons (Fsp3) is 0.118. The number of carboxylic acid groups (broad SMARTS) is 1. The average molecular weight is 394 g/mol. The molecule has 0 aliphatic carbocycles. The number of carbonyl (C=O) groups is 2. The summed E-state index contributed by atoms with van der Waals surface area (Å²) in [5.41, 5.74) is 0.746. The molecule has 1 saturated heterocycles. The Balaban J connectivity index is 1.88. The fourth-order valence-corrected chi connectivity index (χ4v) is 3.92. The number of carbonyl (C=O) groups excluding carboxylic acids is 1. The first-order chi connectivity index (χ1) is 11.9. The second-order valence-electron chi connectivity index (χ2n) is 5.25. The van der Waals surface area contributed by atoms with Crippen LogP contribution in [0.1, 0.15) is 12.7 Å². The maximum absolute atomic E-state index is 12.4. The van der Waals surface area contributed by atoms with Gasteiger partial charge in [-0.05, 0) is 31.2 Å². The van der Waals surface area contributed by atoms with E-state index in [-0.39, 0.29) is 4.32 Å². The topological polar surface area (TPSA) is 70.8 Å². The third-order valence-electron chi connectivity index (χ3n) is 3.61. The molecule has 25 heavy (non-hydrogen) atoms. The second-order valence-corrected chi connectivity index (χ2v) is 7.33. The molecule has 1 aromatic carbocycles. The third kappa shape index (κ3) is 3.49. The van der Waals surface area contributed by atoms with Gasteiger partial charge in [0.25, 0.3) is 5.91 Å². The summed E-state index contributed by atoms with van der Waals surface area (Å²) in [6, 6.07) is 9.72. The van der Waals surface area contributed by atoms with E-state index in [9.17, 15) is 9.59 Å². The maximum Gasteiger partial charge on any atom is 0.326 e. The minimum atomic E-state index is -1.11. The van der Waals surface area contributed by atoms with E-state index in [0.717, 1.165) is 22.2 Å². The van der Waals surface area contributed by atoms with Crippen molar-refractivity contribution in [2.45, 2.75) is 13.0 Å². The summed E-state index contributed by atoms with van der Waals surface area (Å²) >= 11 is 12.3. The Kier molecular flexibility index (Phi) is 4.99. The standard InChI is InChI=1S/C17H12ClNO4S2/c1-9(16(21)22)19-15(20)14(25-17(19)24)8-10-6-7-13(23-10)11-4-2-3-5-12(11)18/h2-9H,1H3,(H,21,22)/b14-8-/t9-/m1/s1. The van der Waals surface area contributed by atoms with Gasteiger partial charge in [-0.2, -0.15) is 0 Å². The molecule has 1 fully saturated rings. The summed E-state index contributed by atoms with van der Waals surface area (Å²) in [4.78, 5) is 24.9. The van der Waals surface area contributed by atoms with Crippen molar-refractivity contribution < 1.29 is 19.1 Å². The van der Waals surface area contributed by atoms with Crippen LogP contribution in [0.25, 0.3) is 17.4 Å². The van der Waals surface area contributed by atoms with Gasteiger partial charge in [-0.25, -0.2) is 4.79 Å². The largest absolute Gasteiger partial charge is 0.480 e. The minimum absolute atomic E-state index is 0.212. The molecule has 2 heterocycles. The Bertz CT molecular complexity index is 906. The van der Waals surface area contributed by atoms with E-state index in [2.05, 4.69) is 0 Å². The summed E-state index contributed by atoms with van der Waals surface area (Å²) in [7, 11) is 0. The molecule has 1 atom stereocenters. The molecule has 8 heteroatoms. The lowest BCUT2D eigenvalue weighted by atomic mass is 10.2. The third-order valence-corrected chi connectivity index (χ3v) is 5.27. The number of aliphatic carboxylic acids is 1. The van der Waals surface area contributed by atoms with E-state index in [1.165, 1.54) is 6.92 Å². The predicted molar refractivity (Wildman–Crippen MR) is 101 cm³/mol. The molecule has 0 spiro atoms. The molecule has 5 nitrogen and oxygen atoms in total. The number of thioether (sulfide) groups is 1. The fourth-order valence-electron chi connectivity index (χ4n) is 2.29. The highest BCUT2D eigenvalue weighted by atomic mass is 35.5. The number of benzene rings is 1. The van der Waals surface area contributed by atoms with Gasteiger partial charge in [0.1, 0.15) is 21.9 Å². The van der Waals surface area contributed by atoms with Crippen molar-refractivity contribution in [3.8, 4) is 11.3 Å². The van der Waals surface area contributed by atoms with Crippen LogP contribution in [0.4, 0.5) is 0 Å². The molecule has 0 radical (unpaired) electrons. The second kappa shape index (κ2) is 7.03. The lowest BCUT2D eigenvalue weighted by Gasteiger charge is -2.18. The van der Waals surface area contributed by atoms with Crippen molar-refractivity contribution in [3.63, 3.8) is 0 Å². The predicted octanol–water partition coefficient (Wildman–Crippen LogP) is 4.27. The maximum atomic E-state index is 12.4. The molecule has 1 aromatic heterocycles. The molecular formula is C17H12ClNO4S2. The number of hydrogen-bond acceptors (Lipinski definition) is 5. The van der Waals surface area contributed by atoms with E-state index in [4.69, 9.17) is 33.3 Å². The van der Waals surface area contributed by atoms with Crippen molar-refractivity contribution >= 4 is 57.9 Å². The summed E-state index contributed by atoms with van der Waals surface area (Å²) in [6.07, 6.45) is 1.55. The molecule has 2 aromatic rings. The highest BCUT2D eigenvalue weighted by molar-refractivity contribution is 8.26. The van der Waals surface area contributed by atoms with Crippen LogP contribution in [0.5, 0.6) is 0 Å². The van der Waals surface area contributed by atoms with Gasteiger partial charge in [-0.1, -0.05) is 47.7 Å². The van der Waals surface area contributed by atoms with Crippen LogP contribution in [-0.4, -0.2) is 32.2 Å². The summed E-state index contributed by atoms with van der Waals surface area (Å²) in [6.45, 7) is 1.42. The van der Waals surface area contributed by atoms with Crippen molar-refractivity contribution in [2.75, 3.05) is 0 Å². The Labute approximate surface area is 158 Å². The van der Waals surface area contributed by atoms with Crippen LogP contribution in [0.15, 0.2) is 45.7 Å². The zero-order valence-electron chi connectivity index (χ0n) is 12.9. The molecule has 0 unspecified atom stereocenters. The Morgan fingerprint density at radius 1 is 1.36 bits per heavy atom. The van der Waals surface area contributed by atoms with Crippen LogP contribution in [0.2, 0.25) is 5.02 Å². The van der Waals surface area contributed by atoms with Crippen molar-refractivity contribution in [1.29, 1.82) is 0 Å². The number of rotatable bonds is 4. The number of thiocarbonyl (C=S) groups is 1. The Morgan fingerprint density at radius 2 is 2.08 bits per heavy atom. The lowest BCUT2D eigenvalue weighted by molar-refractivity contribution is -0.144. The highest BCUT2D eigenvalue weighted by Crippen LogP contribution is 2.35. The van der Waals surface area contributed by atoms with Gasteiger partial charge in [0.05, 0.1) is 9.93 Å². The summed E-state index contributed by atoms with van der Waals surface area (Å²) in [5, 5.41) is 9.66. The van der Waals surface area contributed by atoms with E-state index >= 15 is 0 Å². The van der Waals surface area contributed by atoms with Gasteiger partial charge in [0.15, 0.2) is 0 Å². The molecule has 1 amide bonds. The molecule has 1 N–H and O–H groups in total. The van der Waals surface area contributed by atoms with Crippen LogP contribution >= 0.6 is 35.6 Å². The first-order valence-corrected chi connectivity index (χ1v) is 8.83. The summed E-state index contributed by atoms with van der Waals surface area (Å²) in [5.74, 6) is -0.526. The van der Waals surface area contributed by atoms with E-state index in [0.29, 0.717) is 21.4 Å². The first-order valence-electron chi connectivity index (χ1n) is 7.23. The zero-order valence-corrected chi connectivity index (χ0v) is 15.3. The van der Waals surface area contributed by atoms with Crippen LogP contribution in [0, 0.1) is 0 Å². The quantitative estimate of drug-likeness (QED) is 0.617. The van der Waals surface area contributed by atoms with Gasteiger partial charge in [-0.3, -0.25) is 9.69 Å². The number of nitrogens with zero attached hydrogens (tertiary/aromatic N) is 1. The minimum Gasteiger partial charge on any atom is -0.480 e. The van der Waals surface area contributed by atoms with E-state index < -0.39 is 17.9 Å². The number of carboxylic acids is 1. The first kappa shape index (κ1) is 17.7. The molecular weight excluding hydrogens is 382 g/mol. The van der Waals surface area contributed by atoms with Crippen molar-refractivity contribution in [2.24, 2.45) is 0 Å². The smallest absolute Gasteiger partial charge is 0.326 e.